The molecule has 0 aliphatic carbocycles. The van der Waals surface area contributed by atoms with Gasteiger partial charge in [-0.15, -0.1) is 13.2 Å². The van der Waals surface area contributed by atoms with E-state index in [1.54, 1.807) is 97.1 Å². The molecule has 0 aliphatic heterocycles. The number of allylic oxidation sites excluding steroid dienone is 2. The Morgan fingerprint density at radius 1 is 0.300 bits per heavy atom. The van der Waals surface area contributed by atoms with E-state index in [4.69, 9.17) is 47.4 Å². The van der Waals surface area contributed by atoms with E-state index in [9.17, 15) is 28.8 Å². The minimum atomic E-state index is -0.831. The Balaban J connectivity index is 1.05. The number of esters is 6. The van der Waals surface area contributed by atoms with Crippen molar-refractivity contribution >= 4 is 61.1 Å². The maximum absolute atomic E-state index is 13.8. The van der Waals surface area contributed by atoms with Gasteiger partial charge < -0.3 is 47.4 Å². The molecule has 90 heavy (non-hydrogen) atoms. The lowest BCUT2D eigenvalue weighted by atomic mass is 10.1. The molecule has 0 spiro atoms. The highest BCUT2D eigenvalue weighted by molar-refractivity contribution is 7.80. The second-order valence-electron chi connectivity index (χ2n) is 20.9. The highest BCUT2D eigenvalue weighted by Crippen LogP contribution is 2.30. The average molecular weight is 1270 g/mol. The van der Waals surface area contributed by atoms with Crippen molar-refractivity contribution in [2.45, 2.75) is 116 Å². The SMILES string of the molecule is C=CCCCCOc1ccc(C(=O)Oc2ccc(OC(=O)c3ccc(OCCCCCCS)cc3)cc2C(=O)OCCCCCCOC(=O)c2cc(OC(=O)c3ccc(OCCCCCCS)cc3)ccc2OC(=O)c2ccc(OCCCCC=C)cc2)cc1. The number of carbonyl (C=O) groups excluding carboxylic acids is 6. The summed E-state index contributed by atoms with van der Waals surface area (Å²) in [5.74, 6) is -0.673. The van der Waals surface area contributed by atoms with Crippen molar-refractivity contribution in [3.05, 3.63) is 192 Å². The van der Waals surface area contributed by atoms with E-state index in [0.29, 0.717) is 75.1 Å². The third kappa shape index (κ3) is 25.6. The highest BCUT2D eigenvalue weighted by atomic mass is 32.1. The normalized spacial score (nSPS) is 10.7. The molecular formula is C72H82O16S2. The van der Waals surface area contributed by atoms with Crippen molar-refractivity contribution in [3.8, 4) is 46.0 Å². The summed E-state index contributed by atoms with van der Waals surface area (Å²) in [5.41, 5.74) is 0.582. The predicted octanol–water partition coefficient (Wildman–Crippen LogP) is 16.3. The molecule has 6 rings (SSSR count). The van der Waals surface area contributed by atoms with Gasteiger partial charge in [0.1, 0.15) is 57.1 Å². The predicted molar refractivity (Wildman–Crippen MR) is 352 cm³/mol. The second kappa shape index (κ2) is 40.9. The number of hydrogen-bond acceptors (Lipinski definition) is 18. The molecule has 0 saturated heterocycles. The standard InChI is InChI=1S/C72H82O16S2/c1-3-5-7-15-43-79-59-35-27-55(28-36-59)69(75)87-65-41-39-61(85-67(73)53-23-31-57(32-24-53)81-45-17-11-13-21-49-89)51-63(65)71(77)83-47-19-9-10-20-48-84-72(78)64-52-62(86-68(74)54-25-33-58(34-26-54)82-46-18-12-14-22-50-90)40-42-66(64)88-70(76)56-29-37-60(38-30-56)80-44-16-8-6-4-2/h3-4,23-42,51-52,89-90H,1-2,5-22,43-50H2. The van der Waals surface area contributed by atoms with Crippen LogP contribution in [-0.2, 0) is 9.47 Å². The van der Waals surface area contributed by atoms with Gasteiger partial charge in [-0.05, 0) is 235 Å². The van der Waals surface area contributed by atoms with Crippen molar-refractivity contribution in [3.63, 3.8) is 0 Å². The molecule has 0 radical (unpaired) electrons. The van der Waals surface area contributed by atoms with Gasteiger partial charge in [0.2, 0.25) is 0 Å². The first-order valence-corrected chi connectivity index (χ1v) is 32.1. The molecule has 6 aromatic carbocycles. The Bertz CT molecular complexity index is 2980. The van der Waals surface area contributed by atoms with E-state index >= 15 is 0 Å². The molecule has 0 atom stereocenters. The van der Waals surface area contributed by atoms with Crippen molar-refractivity contribution in [2.75, 3.05) is 51.1 Å². The van der Waals surface area contributed by atoms with Gasteiger partial charge in [-0.2, -0.15) is 25.3 Å². The first-order chi connectivity index (χ1) is 44.0. The topological polar surface area (TPSA) is 195 Å². The van der Waals surface area contributed by atoms with E-state index < -0.39 is 35.8 Å². The molecule has 478 valence electrons. The molecule has 0 unspecified atom stereocenters. The Hall–Kier alpha value is -8.48. The zero-order chi connectivity index (χ0) is 64.0. The van der Waals surface area contributed by atoms with Gasteiger partial charge in [0, 0.05) is 0 Å². The quantitative estimate of drug-likeness (QED) is 0.0121. The monoisotopic (exact) mass is 1270 g/mol. The summed E-state index contributed by atoms with van der Waals surface area (Å²) in [5, 5.41) is 0. The lowest BCUT2D eigenvalue weighted by Gasteiger charge is -2.13. The number of ether oxygens (including phenoxy) is 10. The molecule has 0 aromatic heterocycles. The number of unbranched alkanes of at least 4 members (excludes halogenated alkanes) is 13. The molecule has 0 bridgehead atoms. The van der Waals surface area contributed by atoms with E-state index in [0.717, 1.165) is 101 Å². The average Bonchev–Trinajstić information content (AvgIpc) is 3.40. The third-order valence-electron chi connectivity index (χ3n) is 13.8. The summed E-state index contributed by atoms with van der Waals surface area (Å²) < 4.78 is 57.5. The third-order valence-corrected chi connectivity index (χ3v) is 14.5. The molecular weight excluding hydrogens is 1180 g/mol. The maximum Gasteiger partial charge on any atom is 0.343 e. The van der Waals surface area contributed by atoms with Gasteiger partial charge in [-0.1, -0.05) is 37.8 Å². The summed E-state index contributed by atoms with van der Waals surface area (Å²) in [6.45, 7) is 9.52. The molecule has 16 nitrogen and oxygen atoms in total. The lowest BCUT2D eigenvalue weighted by Crippen LogP contribution is -2.15. The van der Waals surface area contributed by atoms with Gasteiger partial charge in [0.15, 0.2) is 0 Å². The van der Waals surface area contributed by atoms with Crippen molar-refractivity contribution < 1.29 is 76.1 Å². The van der Waals surface area contributed by atoms with Crippen LogP contribution in [0.25, 0.3) is 0 Å². The van der Waals surface area contributed by atoms with Crippen LogP contribution in [0.15, 0.2) is 159 Å². The van der Waals surface area contributed by atoms with Crippen LogP contribution < -0.4 is 37.9 Å². The van der Waals surface area contributed by atoms with Crippen LogP contribution in [0.2, 0.25) is 0 Å². The Morgan fingerprint density at radius 3 is 0.867 bits per heavy atom. The minimum Gasteiger partial charge on any atom is -0.494 e. The number of hydrogen-bond donors (Lipinski definition) is 2. The molecule has 0 N–H and O–H groups in total. The van der Waals surface area contributed by atoms with Crippen molar-refractivity contribution in [2.24, 2.45) is 0 Å². The van der Waals surface area contributed by atoms with Crippen LogP contribution >= 0.6 is 25.3 Å². The first-order valence-electron chi connectivity index (χ1n) is 30.8. The zero-order valence-corrected chi connectivity index (χ0v) is 52.9. The molecule has 6 aromatic rings. The van der Waals surface area contributed by atoms with E-state index in [1.807, 2.05) is 12.2 Å². The number of thiol groups is 2. The largest absolute Gasteiger partial charge is 0.494 e. The van der Waals surface area contributed by atoms with Crippen LogP contribution in [0.5, 0.6) is 46.0 Å². The van der Waals surface area contributed by atoms with Gasteiger partial charge in [-0.25, -0.2) is 28.8 Å². The Morgan fingerprint density at radius 2 is 0.567 bits per heavy atom. The van der Waals surface area contributed by atoms with Crippen LogP contribution in [-0.4, -0.2) is 87.0 Å². The smallest absolute Gasteiger partial charge is 0.343 e. The van der Waals surface area contributed by atoms with Gasteiger partial charge in [-0.3, -0.25) is 0 Å². The summed E-state index contributed by atoms with van der Waals surface area (Å²) >= 11 is 8.51. The number of benzene rings is 6. The molecule has 0 amide bonds. The summed E-state index contributed by atoms with van der Waals surface area (Å²) in [6, 6.07) is 34.0. The lowest BCUT2D eigenvalue weighted by molar-refractivity contribution is 0.0465. The fourth-order valence-electron chi connectivity index (χ4n) is 8.76. The van der Waals surface area contributed by atoms with Gasteiger partial charge in [0.25, 0.3) is 0 Å². The van der Waals surface area contributed by atoms with Gasteiger partial charge >= 0.3 is 35.8 Å². The maximum atomic E-state index is 13.8. The van der Waals surface area contributed by atoms with Crippen molar-refractivity contribution in [1.82, 2.24) is 0 Å². The summed E-state index contributed by atoms with van der Waals surface area (Å²) in [7, 11) is 0. The highest BCUT2D eigenvalue weighted by Gasteiger charge is 2.23. The number of rotatable bonds is 43. The van der Waals surface area contributed by atoms with E-state index in [2.05, 4.69) is 38.4 Å². The second-order valence-corrected chi connectivity index (χ2v) is 21.8. The van der Waals surface area contributed by atoms with E-state index in [1.165, 1.54) is 36.4 Å². The minimum absolute atomic E-state index is 0.00567. The van der Waals surface area contributed by atoms with Crippen LogP contribution in [0.3, 0.4) is 0 Å². The van der Waals surface area contributed by atoms with Crippen LogP contribution in [0, 0.1) is 0 Å². The molecule has 0 heterocycles. The fraction of sp³-hybridized carbons (Fsp3) is 0.361. The Labute approximate surface area is 539 Å². The van der Waals surface area contributed by atoms with Crippen LogP contribution in [0.1, 0.15) is 178 Å². The fourth-order valence-corrected chi connectivity index (χ4v) is 9.21. The number of carbonyl (C=O) groups is 6. The van der Waals surface area contributed by atoms with E-state index in [-0.39, 0.29) is 69.6 Å². The summed E-state index contributed by atoms with van der Waals surface area (Å²) in [6.07, 6.45) is 19.1. The Kier molecular flexibility index (Phi) is 32.1. The van der Waals surface area contributed by atoms with Gasteiger partial charge in [0.05, 0.1) is 61.9 Å². The molecule has 0 fully saturated rings. The van der Waals surface area contributed by atoms with Crippen LogP contribution in [0.4, 0.5) is 0 Å². The van der Waals surface area contributed by atoms with Crippen molar-refractivity contribution in [1.29, 1.82) is 0 Å². The molecule has 18 heteroatoms. The molecule has 0 aliphatic rings. The summed E-state index contributed by atoms with van der Waals surface area (Å²) in [4.78, 5) is 81.2. The molecule has 0 saturated carbocycles. The first kappa shape index (κ1) is 70.6. The zero-order valence-electron chi connectivity index (χ0n) is 51.1.